The summed E-state index contributed by atoms with van der Waals surface area (Å²) in [6.07, 6.45) is 19.2. The molecule has 0 atom stereocenters. The minimum atomic E-state index is -1.29. The van der Waals surface area contributed by atoms with Crippen LogP contribution >= 0.6 is 0 Å². The van der Waals surface area contributed by atoms with Crippen LogP contribution in [-0.4, -0.2) is 29.8 Å². The average molecular weight is 454 g/mol. The normalized spacial score (nSPS) is 16.1. The van der Waals surface area contributed by atoms with Crippen molar-refractivity contribution >= 4 is 16.6 Å². The van der Waals surface area contributed by atoms with Crippen molar-refractivity contribution in [2.24, 2.45) is 0 Å². The van der Waals surface area contributed by atoms with Crippen LogP contribution in [0.3, 0.4) is 0 Å². The van der Waals surface area contributed by atoms with Crippen LogP contribution in [0.4, 0.5) is 0 Å². The predicted molar refractivity (Wildman–Crippen MR) is 109 cm³/mol. The Morgan fingerprint density at radius 2 is 1.12 bits per heavy atom. The molecular weight excluding hydrogens is 420 g/mol. The van der Waals surface area contributed by atoms with Gasteiger partial charge in [-0.1, -0.05) is 0 Å². The molecule has 0 amide bonds. The topological polar surface area (TPSA) is 18.5 Å². The van der Waals surface area contributed by atoms with Gasteiger partial charge in [-0.05, 0) is 52.1 Å². The molecule has 0 aliphatic heterocycles. The first-order valence-electron chi connectivity index (χ1n) is 8.96. The molecule has 138 valence electrons. The number of hydrogen-bond acceptors (Lipinski definition) is 2. The van der Waals surface area contributed by atoms with Crippen LogP contribution in [0.25, 0.3) is 0 Å². The van der Waals surface area contributed by atoms with E-state index in [9.17, 15) is 0 Å². The van der Waals surface area contributed by atoms with Crippen LogP contribution in [0.15, 0.2) is 35.5 Å². The fourth-order valence-electron chi connectivity index (χ4n) is 2.18. The molecule has 2 aliphatic rings. The molecule has 0 aromatic rings. The van der Waals surface area contributed by atoms with Gasteiger partial charge in [-0.15, -0.1) is 12.8 Å². The van der Waals surface area contributed by atoms with Gasteiger partial charge in [0.25, 0.3) is 0 Å². The first-order valence-corrected chi connectivity index (χ1v) is 15.8. The largest absolute Gasteiger partial charge is 2.00 e. The molecule has 0 radical (unpaired) electrons. The predicted octanol–water partition coefficient (Wildman–Crippen LogP) is 5.83. The smallest absolute Gasteiger partial charge is 0.417 e. The molecule has 0 saturated heterocycles. The van der Waals surface area contributed by atoms with E-state index in [0.717, 1.165) is 38.9 Å². The zero-order valence-electron chi connectivity index (χ0n) is 16.9. The Morgan fingerprint density at radius 3 is 1.36 bits per heavy atom. The molecule has 0 spiro atoms. The van der Waals surface area contributed by atoms with Gasteiger partial charge < -0.3 is 8.85 Å². The van der Waals surface area contributed by atoms with Crippen LogP contribution in [-0.2, 0) is 35.1 Å². The maximum absolute atomic E-state index is 5.74. The van der Waals surface area contributed by atoms with Crippen LogP contribution in [0, 0.1) is 12.2 Å². The Labute approximate surface area is 176 Å². The van der Waals surface area contributed by atoms with Gasteiger partial charge in [0, 0.05) is 13.2 Å². The molecule has 2 rings (SSSR count). The second kappa shape index (κ2) is 12.6. The molecule has 2 aliphatic carbocycles. The summed E-state index contributed by atoms with van der Waals surface area (Å²) in [4.78, 5) is 0. The van der Waals surface area contributed by atoms with Gasteiger partial charge >= 0.3 is 26.2 Å². The van der Waals surface area contributed by atoms with E-state index in [4.69, 9.17) is 8.85 Å². The zero-order chi connectivity index (χ0) is 18.1. The molecule has 0 unspecified atom stereocenters. The van der Waals surface area contributed by atoms with E-state index >= 15 is 0 Å². The van der Waals surface area contributed by atoms with Gasteiger partial charge in [0.2, 0.25) is 0 Å². The Hall–Kier alpha value is 0.197. The SMILES string of the molecule is C[Si](C)(C)OCCC1=[C-]CC=C1.C[Si](C)(C)OCCC1=[C-]CC=C1.[Zr+2]. The van der Waals surface area contributed by atoms with Crippen LogP contribution in [0.5, 0.6) is 0 Å². The van der Waals surface area contributed by atoms with Crippen LogP contribution in [0.2, 0.25) is 39.3 Å². The average Bonchev–Trinajstić information content (AvgIpc) is 3.09. The quantitative estimate of drug-likeness (QED) is 0.340. The minimum Gasteiger partial charge on any atom is -0.417 e. The standard InChI is InChI=1S/2C10H17OSi.Zr/c2*1-12(2,3)11-9-8-10-6-4-5-7-10;/h2*4,6H,5,8-9H2,1-3H3;/q2*-1;+2. The first kappa shape index (κ1) is 25.2. The zero-order valence-corrected chi connectivity index (χ0v) is 21.3. The molecular formula is C20H34O2Si2Zr. The minimum absolute atomic E-state index is 0. The van der Waals surface area contributed by atoms with Crippen molar-refractivity contribution < 1.29 is 35.1 Å². The molecule has 0 heterocycles. The Balaban J connectivity index is 0.000000443. The van der Waals surface area contributed by atoms with Crippen molar-refractivity contribution in [1.82, 2.24) is 0 Å². The Morgan fingerprint density at radius 1 is 0.760 bits per heavy atom. The summed E-state index contributed by atoms with van der Waals surface area (Å²) in [6, 6.07) is 0. The van der Waals surface area contributed by atoms with Gasteiger partial charge in [-0.25, -0.2) is 23.3 Å². The van der Waals surface area contributed by atoms with E-state index in [1.165, 1.54) is 11.1 Å². The monoisotopic (exact) mass is 452 g/mol. The van der Waals surface area contributed by atoms with Gasteiger partial charge in [-0.2, -0.15) is 12.2 Å². The van der Waals surface area contributed by atoms with Gasteiger partial charge in [0.15, 0.2) is 16.6 Å². The molecule has 5 heteroatoms. The molecule has 0 bridgehead atoms. The van der Waals surface area contributed by atoms with E-state index in [1.807, 2.05) is 0 Å². The molecule has 25 heavy (non-hydrogen) atoms. The van der Waals surface area contributed by atoms with Crippen molar-refractivity contribution in [2.75, 3.05) is 13.2 Å². The number of rotatable bonds is 8. The van der Waals surface area contributed by atoms with Crippen molar-refractivity contribution in [3.05, 3.63) is 47.6 Å². The van der Waals surface area contributed by atoms with Gasteiger partial charge in [-0.3, -0.25) is 12.2 Å². The molecule has 0 saturated carbocycles. The fraction of sp³-hybridized carbons (Fsp3) is 0.600. The van der Waals surface area contributed by atoms with Crippen molar-refractivity contribution in [1.29, 1.82) is 0 Å². The van der Waals surface area contributed by atoms with Crippen molar-refractivity contribution in [3.63, 3.8) is 0 Å². The van der Waals surface area contributed by atoms with E-state index in [1.54, 1.807) is 0 Å². The summed E-state index contributed by atoms with van der Waals surface area (Å²) in [5.74, 6) is 0. The van der Waals surface area contributed by atoms with E-state index in [0.29, 0.717) is 0 Å². The fourth-order valence-corrected chi connectivity index (χ4v) is 3.61. The third-order valence-electron chi connectivity index (χ3n) is 3.34. The maximum Gasteiger partial charge on any atom is 2.00 e. The third kappa shape index (κ3) is 15.0. The summed E-state index contributed by atoms with van der Waals surface area (Å²) in [7, 11) is -2.59. The van der Waals surface area contributed by atoms with E-state index in [2.05, 4.69) is 75.7 Å². The van der Waals surface area contributed by atoms with Gasteiger partial charge in [0.1, 0.15) is 0 Å². The molecule has 0 fully saturated rings. The van der Waals surface area contributed by atoms with Crippen LogP contribution < -0.4 is 0 Å². The van der Waals surface area contributed by atoms with Crippen molar-refractivity contribution in [3.8, 4) is 0 Å². The maximum atomic E-state index is 5.74. The number of hydrogen-bond donors (Lipinski definition) is 0. The molecule has 2 nitrogen and oxygen atoms in total. The Kier molecular flexibility index (Phi) is 12.7. The summed E-state index contributed by atoms with van der Waals surface area (Å²) in [6.45, 7) is 15.0. The van der Waals surface area contributed by atoms with Gasteiger partial charge in [0.05, 0.1) is 0 Å². The summed E-state index contributed by atoms with van der Waals surface area (Å²) >= 11 is 0. The van der Waals surface area contributed by atoms with Crippen LogP contribution in [0.1, 0.15) is 25.7 Å². The summed E-state index contributed by atoms with van der Waals surface area (Å²) in [5.41, 5.74) is 2.63. The summed E-state index contributed by atoms with van der Waals surface area (Å²) in [5, 5.41) is 0. The van der Waals surface area contributed by atoms with Crippen molar-refractivity contribution in [2.45, 2.75) is 65.0 Å². The molecule has 0 aromatic carbocycles. The van der Waals surface area contributed by atoms with E-state index < -0.39 is 16.6 Å². The second-order valence-electron chi connectivity index (χ2n) is 8.04. The number of allylic oxidation sites excluding steroid dienone is 6. The summed E-state index contributed by atoms with van der Waals surface area (Å²) < 4.78 is 11.5. The van der Waals surface area contributed by atoms with E-state index in [-0.39, 0.29) is 26.2 Å². The third-order valence-corrected chi connectivity index (χ3v) is 5.49. The Bertz CT molecular complexity index is 449. The second-order valence-corrected chi connectivity index (χ2v) is 17.1. The molecule has 0 N–H and O–H groups in total. The first-order chi connectivity index (χ1) is 11.2. The molecule has 0 aromatic heterocycles.